The van der Waals surface area contributed by atoms with Gasteiger partial charge in [-0.25, -0.2) is 0 Å². The zero-order valence-corrected chi connectivity index (χ0v) is 16.7. The first-order chi connectivity index (χ1) is 12.5. The van der Waals surface area contributed by atoms with Crippen LogP contribution in [0.5, 0.6) is 0 Å². The Morgan fingerprint density at radius 2 is 1.96 bits per heavy atom. The third kappa shape index (κ3) is 6.85. The van der Waals surface area contributed by atoms with Gasteiger partial charge in [0.2, 0.25) is 11.8 Å². The molecule has 0 aliphatic carbocycles. The number of piperidine rings is 2. The van der Waals surface area contributed by atoms with Crippen molar-refractivity contribution in [2.75, 3.05) is 73.6 Å². The highest BCUT2D eigenvalue weighted by Crippen LogP contribution is 2.19. The lowest BCUT2D eigenvalue weighted by Crippen LogP contribution is -2.48. The van der Waals surface area contributed by atoms with Crippen molar-refractivity contribution in [3.63, 3.8) is 0 Å². The summed E-state index contributed by atoms with van der Waals surface area (Å²) in [6, 6.07) is 0. The average molecular weight is 369 g/mol. The summed E-state index contributed by atoms with van der Waals surface area (Å²) in [4.78, 5) is 30.9. The van der Waals surface area contributed by atoms with Crippen molar-refractivity contribution in [1.82, 2.24) is 20.0 Å². The molecule has 7 heteroatoms. The number of nitrogens with zero attached hydrogens (tertiary/aromatic N) is 3. The molecule has 2 aliphatic heterocycles. The molecule has 2 aliphatic rings. The average Bonchev–Trinajstić information content (AvgIpc) is 2.64. The van der Waals surface area contributed by atoms with E-state index in [9.17, 15) is 9.59 Å². The molecule has 0 radical (unpaired) electrons. The fourth-order valence-electron chi connectivity index (χ4n) is 3.69. The van der Waals surface area contributed by atoms with E-state index in [1.807, 2.05) is 19.0 Å². The monoisotopic (exact) mass is 368 g/mol. The summed E-state index contributed by atoms with van der Waals surface area (Å²) in [7, 11) is 5.74. The maximum Gasteiger partial charge on any atom is 0.224 e. The second-order valence-corrected chi connectivity index (χ2v) is 7.90. The van der Waals surface area contributed by atoms with Gasteiger partial charge < -0.3 is 24.8 Å². The Kier molecular flexibility index (Phi) is 8.81. The summed E-state index contributed by atoms with van der Waals surface area (Å²) in [6.45, 7) is 6.81. The van der Waals surface area contributed by atoms with Crippen LogP contribution in [0.3, 0.4) is 0 Å². The van der Waals surface area contributed by atoms with Crippen molar-refractivity contribution in [1.29, 1.82) is 0 Å². The van der Waals surface area contributed by atoms with Gasteiger partial charge in [-0.2, -0.15) is 0 Å². The van der Waals surface area contributed by atoms with Crippen LogP contribution in [0.25, 0.3) is 0 Å². The molecule has 1 N–H and O–H groups in total. The van der Waals surface area contributed by atoms with Crippen LogP contribution in [0.2, 0.25) is 0 Å². The van der Waals surface area contributed by atoms with Crippen molar-refractivity contribution in [2.24, 2.45) is 11.8 Å². The van der Waals surface area contributed by atoms with Crippen molar-refractivity contribution in [3.8, 4) is 0 Å². The number of carbonyl (C=O) groups excluding carboxylic acids is 2. The van der Waals surface area contributed by atoms with Crippen LogP contribution in [0, 0.1) is 11.8 Å². The van der Waals surface area contributed by atoms with E-state index in [1.54, 1.807) is 7.11 Å². The first-order valence-electron chi connectivity index (χ1n) is 9.91. The van der Waals surface area contributed by atoms with Gasteiger partial charge in [0.15, 0.2) is 0 Å². The van der Waals surface area contributed by atoms with Gasteiger partial charge in [0.05, 0.1) is 12.5 Å². The van der Waals surface area contributed by atoms with Gasteiger partial charge in [0.25, 0.3) is 0 Å². The number of likely N-dealkylation sites (N-methyl/N-ethyl adjacent to an activating group) is 1. The van der Waals surface area contributed by atoms with Crippen LogP contribution in [0.15, 0.2) is 0 Å². The molecule has 1 atom stereocenters. The van der Waals surface area contributed by atoms with Crippen LogP contribution in [0.4, 0.5) is 0 Å². The lowest BCUT2D eigenvalue weighted by molar-refractivity contribution is -0.138. The van der Waals surface area contributed by atoms with Gasteiger partial charge in [-0.15, -0.1) is 0 Å². The number of hydrogen-bond acceptors (Lipinski definition) is 5. The Morgan fingerprint density at radius 3 is 2.62 bits per heavy atom. The second-order valence-electron chi connectivity index (χ2n) is 7.90. The summed E-state index contributed by atoms with van der Waals surface area (Å²) in [5.41, 5.74) is 0. The molecule has 0 aromatic rings. The summed E-state index contributed by atoms with van der Waals surface area (Å²) >= 11 is 0. The van der Waals surface area contributed by atoms with Crippen LogP contribution in [-0.2, 0) is 14.3 Å². The highest BCUT2D eigenvalue weighted by atomic mass is 16.5. The zero-order chi connectivity index (χ0) is 18.9. The first-order valence-corrected chi connectivity index (χ1v) is 9.91. The Morgan fingerprint density at radius 1 is 1.23 bits per heavy atom. The van der Waals surface area contributed by atoms with E-state index in [1.165, 1.54) is 0 Å². The molecule has 2 rings (SSSR count). The van der Waals surface area contributed by atoms with Crippen molar-refractivity contribution in [3.05, 3.63) is 0 Å². The highest BCUT2D eigenvalue weighted by Gasteiger charge is 2.30. The van der Waals surface area contributed by atoms with E-state index < -0.39 is 0 Å². The number of hydrogen-bond donors (Lipinski definition) is 1. The van der Waals surface area contributed by atoms with E-state index in [-0.39, 0.29) is 17.7 Å². The standard InChI is InChI=1S/C19H36N4O3/c1-21(2)10-11-23-15-17(4-5-18(23)24)19(25)20-14-16-6-8-22(9-7-16)12-13-26-3/h16-17H,4-15H2,1-3H3,(H,20,25)/t17-/m0/s1. The molecule has 150 valence electrons. The molecule has 2 saturated heterocycles. The van der Waals surface area contributed by atoms with Crippen molar-refractivity contribution in [2.45, 2.75) is 25.7 Å². The van der Waals surface area contributed by atoms with Gasteiger partial charge >= 0.3 is 0 Å². The number of likely N-dealkylation sites (tertiary alicyclic amines) is 2. The minimum Gasteiger partial charge on any atom is -0.383 e. The predicted octanol–water partition coefficient (Wildman–Crippen LogP) is 0.261. The molecular formula is C19H36N4O3. The number of methoxy groups -OCH3 is 1. The largest absolute Gasteiger partial charge is 0.383 e. The Bertz CT molecular complexity index is 450. The van der Waals surface area contributed by atoms with E-state index in [2.05, 4.69) is 15.1 Å². The molecular weight excluding hydrogens is 332 g/mol. The zero-order valence-electron chi connectivity index (χ0n) is 16.7. The Labute approximate surface area is 158 Å². The fraction of sp³-hybridized carbons (Fsp3) is 0.895. The Balaban J connectivity index is 1.68. The normalized spacial score (nSPS) is 22.8. The van der Waals surface area contributed by atoms with Crippen LogP contribution >= 0.6 is 0 Å². The van der Waals surface area contributed by atoms with Gasteiger partial charge in [-0.1, -0.05) is 0 Å². The molecule has 2 amide bonds. The van der Waals surface area contributed by atoms with E-state index in [0.29, 0.717) is 31.8 Å². The molecule has 2 fully saturated rings. The summed E-state index contributed by atoms with van der Waals surface area (Å²) < 4.78 is 5.13. The molecule has 2 heterocycles. The third-order valence-corrected chi connectivity index (χ3v) is 5.57. The fourth-order valence-corrected chi connectivity index (χ4v) is 3.69. The molecule has 0 aromatic heterocycles. The lowest BCUT2D eigenvalue weighted by Gasteiger charge is -2.34. The van der Waals surface area contributed by atoms with E-state index >= 15 is 0 Å². The highest BCUT2D eigenvalue weighted by molar-refractivity contribution is 5.83. The summed E-state index contributed by atoms with van der Waals surface area (Å²) in [6.07, 6.45) is 3.42. The van der Waals surface area contributed by atoms with Gasteiger partial charge in [0, 0.05) is 46.3 Å². The lowest BCUT2D eigenvalue weighted by atomic mass is 9.94. The molecule has 0 aromatic carbocycles. The van der Waals surface area contributed by atoms with Crippen molar-refractivity contribution >= 4 is 11.8 Å². The maximum absolute atomic E-state index is 12.6. The van der Waals surface area contributed by atoms with Crippen LogP contribution in [0.1, 0.15) is 25.7 Å². The van der Waals surface area contributed by atoms with Gasteiger partial charge in [-0.3, -0.25) is 9.59 Å². The Hall–Kier alpha value is -1.18. The molecule has 26 heavy (non-hydrogen) atoms. The summed E-state index contributed by atoms with van der Waals surface area (Å²) in [5, 5.41) is 3.15. The molecule has 0 bridgehead atoms. The maximum atomic E-state index is 12.6. The van der Waals surface area contributed by atoms with Crippen LogP contribution in [-0.4, -0.2) is 100 Å². The van der Waals surface area contributed by atoms with E-state index in [0.717, 1.165) is 52.2 Å². The number of nitrogens with one attached hydrogen (secondary N) is 1. The number of rotatable bonds is 9. The summed E-state index contributed by atoms with van der Waals surface area (Å²) in [5.74, 6) is 0.804. The minimum atomic E-state index is -0.0587. The van der Waals surface area contributed by atoms with E-state index in [4.69, 9.17) is 4.74 Å². The van der Waals surface area contributed by atoms with Crippen molar-refractivity contribution < 1.29 is 14.3 Å². The molecule has 0 unspecified atom stereocenters. The topological polar surface area (TPSA) is 65.1 Å². The van der Waals surface area contributed by atoms with Gasteiger partial charge in [-0.05, 0) is 52.4 Å². The number of carbonyl (C=O) groups is 2. The molecule has 0 saturated carbocycles. The second kappa shape index (κ2) is 10.8. The first kappa shape index (κ1) is 21.1. The smallest absolute Gasteiger partial charge is 0.224 e. The quantitative estimate of drug-likeness (QED) is 0.633. The predicted molar refractivity (Wildman–Crippen MR) is 102 cm³/mol. The molecule has 7 nitrogen and oxygen atoms in total. The SMILES string of the molecule is COCCN1CCC(CNC(=O)[C@H]2CCC(=O)N(CCN(C)C)C2)CC1. The number of amides is 2. The third-order valence-electron chi connectivity index (χ3n) is 5.57. The van der Waals surface area contributed by atoms with Crippen LogP contribution < -0.4 is 5.32 Å². The minimum absolute atomic E-state index is 0.0587. The van der Waals surface area contributed by atoms with Gasteiger partial charge in [0.1, 0.15) is 0 Å². The number of ether oxygens (including phenoxy) is 1. The molecule has 0 spiro atoms.